The Kier molecular flexibility index (Phi) is 2.55. The zero-order chi connectivity index (χ0) is 9.97. The maximum absolute atomic E-state index is 5.94. The van der Waals surface area contributed by atoms with E-state index in [0.717, 1.165) is 11.4 Å². The van der Waals surface area contributed by atoms with Crippen LogP contribution >= 0.6 is 11.7 Å². The van der Waals surface area contributed by atoms with Gasteiger partial charge in [0.2, 0.25) is 0 Å². The fraction of sp³-hybridized carbons (Fsp3) is 0.375. The maximum Gasteiger partial charge on any atom is 0.0914 e. The molecule has 14 heavy (non-hydrogen) atoms. The lowest BCUT2D eigenvalue weighted by Gasteiger charge is -2.04. The van der Waals surface area contributed by atoms with Crippen molar-refractivity contribution in [2.45, 2.75) is 12.5 Å². The third kappa shape index (κ3) is 1.97. The first-order valence-electron chi connectivity index (χ1n) is 4.27. The van der Waals surface area contributed by atoms with Gasteiger partial charge in [-0.05, 0) is 6.07 Å². The van der Waals surface area contributed by atoms with E-state index in [2.05, 4.69) is 13.8 Å². The van der Waals surface area contributed by atoms with Gasteiger partial charge in [0.1, 0.15) is 0 Å². The highest BCUT2D eigenvalue weighted by Gasteiger charge is 2.11. The maximum atomic E-state index is 5.94. The third-order valence-electron chi connectivity index (χ3n) is 1.96. The molecule has 0 saturated heterocycles. The van der Waals surface area contributed by atoms with Crippen LogP contribution in [-0.2, 0) is 13.5 Å². The minimum Gasteiger partial charge on any atom is -0.322 e. The van der Waals surface area contributed by atoms with E-state index in [1.54, 1.807) is 10.9 Å². The Morgan fingerprint density at radius 1 is 1.64 bits per heavy atom. The smallest absolute Gasteiger partial charge is 0.0914 e. The molecule has 2 rings (SSSR count). The highest BCUT2D eigenvalue weighted by atomic mass is 32.1. The molecule has 0 aliphatic heterocycles. The molecule has 1 atom stereocenters. The van der Waals surface area contributed by atoms with Gasteiger partial charge in [-0.2, -0.15) is 13.8 Å². The largest absolute Gasteiger partial charge is 0.322 e. The minimum absolute atomic E-state index is 0.108. The van der Waals surface area contributed by atoms with Crippen molar-refractivity contribution >= 4 is 11.7 Å². The number of aryl methyl sites for hydroxylation is 1. The summed E-state index contributed by atoms with van der Waals surface area (Å²) in [5.41, 5.74) is 7.75. The average molecular weight is 209 g/mol. The number of hydrogen-bond donors (Lipinski definition) is 1. The normalized spacial score (nSPS) is 13.0. The van der Waals surface area contributed by atoms with E-state index >= 15 is 0 Å². The van der Waals surface area contributed by atoms with Crippen molar-refractivity contribution in [3.63, 3.8) is 0 Å². The first-order valence-corrected chi connectivity index (χ1v) is 5.00. The summed E-state index contributed by atoms with van der Waals surface area (Å²) < 4.78 is 9.77. The van der Waals surface area contributed by atoms with E-state index in [4.69, 9.17) is 5.73 Å². The molecule has 2 aromatic heterocycles. The molecule has 2 N–H and O–H groups in total. The molecular weight excluding hydrogens is 198 g/mol. The molecule has 0 fully saturated rings. The SMILES string of the molecule is Cn1ccc(CC(N)c2cnsn2)n1. The zero-order valence-electron chi connectivity index (χ0n) is 7.79. The van der Waals surface area contributed by atoms with E-state index in [9.17, 15) is 0 Å². The van der Waals surface area contributed by atoms with E-state index in [-0.39, 0.29) is 6.04 Å². The Bertz CT molecular complexity index is 394. The molecule has 0 aromatic carbocycles. The minimum atomic E-state index is -0.108. The molecule has 2 heterocycles. The molecule has 0 aliphatic rings. The number of hydrogen-bond acceptors (Lipinski definition) is 5. The first kappa shape index (κ1) is 9.29. The lowest BCUT2D eigenvalue weighted by molar-refractivity contribution is 0.665. The summed E-state index contributed by atoms with van der Waals surface area (Å²) in [4.78, 5) is 0. The van der Waals surface area contributed by atoms with Gasteiger partial charge < -0.3 is 5.73 Å². The van der Waals surface area contributed by atoms with Gasteiger partial charge in [-0.15, -0.1) is 0 Å². The Morgan fingerprint density at radius 3 is 3.07 bits per heavy atom. The van der Waals surface area contributed by atoms with Gasteiger partial charge >= 0.3 is 0 Å². The van der Waals surface area contributed by atoms with Gasteiger partial charge in [0.05, 0.1) is 35.4 Å². The van der Waals surface area contributed by atoms with E-state index in [0.29, 0.717) is 6.42 Å². The Morgan fingerprint density at radius 2 is 2.50 bits per heavy atom. The van der Waals surface area contributed by atoms with Crippen LogP contribution in [0.2, 0.25) is 0 Å². The predicted octanol–water partition coefficient (Wildman–Crippen LogP) is 0.514. The topological polar surface area (TPSA) is 69.6 Å². The summed E-state index contributed by atoms with van der Waals surface area (Å²) in [6.45, 7) is 0. The molecule has 0 aliphatic carbocycles. The summed E-state index contributed by atoms with van der Waals surface area (Å²) in [6.07, 6.45) is 4.31. The van der Waals surface area contributed by atoms with Crippen LogP contribution in [0.1, 0.15) is 17.4 Å². The molecule has 0 bridgehead atoms. The molecule has 5 nitrogen and oxygen atoms in total. The predicted molar refractivity (Wildman–Crippen MR) is 53.7 cm³/mol. The van der Waals surface area contributed by atoms with Crippen molar-refractivity contribution in [2.24, 2.45) is 12.8 Å². The lowest BCUT2D eigenvalue weighted by Crippen LogP contribution is -2.14. The second kappa shape index (κ2) is 3.85. The fourth-order valence-electron chi connectivity index (χ4n) is 1.24. The molecule has 0 radical (unpaired) electrons. The third-order valence-corrected chi connectivity index (χ3v) is 2.45. The highest BCUT2D eigenvalue weighted by molar-refractivity contribution is 6.99. The number of nitrogens with zero attached hydrogens (tertiary/aromatic N) is 4. The van der Waals surface area contributed by atoms with Crippen molar-refractivity contribution in [1.82, 2.24) is 18.5 Å². The quantitative estimate of drug-likeness (QED) is 0.799. The van der Waals surface area contributed by atoms with E-state index < -0.39 is 0 Å². The molecule has 6 heteroatoms. The number of rotatable bonds is 3. The Balaban J connectivity index is 2.05. The van der Waals surface area contributed by atoms with Crippen LogP contribution in [0.15, 0.2) is 18.5 Å². The van der Waals surface area contributed by atoms with Gasteiger partial charge in [-0.25, -0.2) is 0 Å². The summed E-state index contributed by atoms with van der Waals surface area (Å²) in [6, 6.07) is 1.85. The van der Waals surface area contributed by atoms with E-state index in [1.807, 2.05) is 19.3 Å². The van der Waals surface area contributed by atoms with Crippen LogP contribution in [0.4, 0.5) is 0 Å². The van der Waals surface area contributed by atoms with Crippen LogP contribution in [0.3, 0.4) is 0 Å². The van der Waals surface area contributed by atoms with Gasteiger partial charge in [-0.1, -0.05) is 0 Å². The van der Waals surface area contributed by atoms with Crippen molar-refractivity contribution in [2.75, 3.05) is 0 Å². The first-order chi connectivity index (χ1) is 6.75. The fourth-order valence-corrected chi connectivity index (χ4v) is 1.72. The zero-order valence-corrected chi connectivity index (χ0v) is 8.61. The molecule has 2 aromatic rings. The monoisotopic (exact) mass is 209 g/mol. The Hall–Kier alpha value is -1.27. The second-order valence-electron chi connectivity index (χ2n) is 3.12. The summed E-state index contributed by atoms with van der Waals surface area (Å²) in [7, 11) is 1.89. The highest BCUT2D eigenvalue weighted by Crippen LogP contribution is 2.12. The summed E-state index contributed by atoms with van der Waals surface area (Å²) in [5.74, 6) is 0. The molecule has 0 saturated carbocycles. The van der Waals surface area contributed by atoms with Crippen LogP contribution in [0.25, 0.3) is 0 Å². The van der Waals surface area contributed by atoms with Crippen molar-refractivity contribution in [3.05, 3.63) is 29.8 Å². The van der Waals surface area contributed by atoms with Gasteiger partial charge in [-0.3, -0.25) is 4.68 Å². The van der Waals surface area contributed by atoms with Crippen LogP contribution in [0, 0.1) is 0 Å². The van der Waals surface area contributed by atoms with Crippen molar-refractivity contribution < 1.29 is 0 Å². The molecular formula is C8H11N5S. The van der Waals surface area contributed by atoms with Gasteiger partial charge in [0.15, 0.2) is 0 Å². The van der Waals surface area contributed by atoms with Crippen LogP contribution in [-0.4, -0.2) is 18.5 Å². The lowest BCUT2D eigenvalue weighted by atomic mass is 10.1. The van der Waals surface area contributed by atoms with Crippen LogP contribution in [0.5, 0.6) is 0 Å². The molecule has 1 unspecified atom stereocenters. The molecule has 0 spiro atoms. The average Bonchev–Trinajstić information content (AvgIpc) is 2.75. The van der Waals surface area contributed by atoms with Gasteiger partial charge in [0, 0.05) is 19.7 Å². The number of nitrogens with two attached hydrogens (primary N) is 1. The second-order valence-corrected chi connectivity index (χ2v) is 3.68. The van der Waals surface area contributed by atoms with Crippen molar-refractivity contribution in [3.8, 4) is 0 Å². The molecule has 74 valence electrons. The Labute approximate surface area is 85.9 Å². The van der Waals surface area contributed by atoms with E-state index in [1.165, 1.54) is 11.7 Å². The number of aromatic nitrogens is 4. The standard InChI is InChI=1S/C8H11N5S/c1-13-3-2-6(11-13)4-7(9)8-5-10-14-12-8/h2-3,5,7H,4,9H2,1H3. The van der Waals surface area contributed by atoms with Crippen LogP contribution < -0.4 is 5.73 Å². The van der Waals surface area contributed by atoms with Crippen molar-refractivity contribution in [1.29, 1.82) is 0 Å². The summed E-state index contributed by atoms with van der Waals surface area (Å²) in [5, 5.41) is 4.25. The summed E-state index contributed by atoms with van der Waals surface area (Å²) >= 11 is 1.18. The van der Waals surface area contributed by atoms with Gasteiger partial charge in [0.25, 0.3) is 0 Å². The molecule has 0 amide bonds.